The highest BCUT2D eigenvalue weighted by molar-refractivity contribution is 9.10. The Morgan fingerprint density at radius 1 is 1.45 bits per heavy atom. The van der Waals surface area contributed by atoms with Crippen molar-refractivity contribution < 1.29 is 9.47 Å². The molecule has 4 heteroatoms. The van der Waals surface area contributed by atoms with Gasteiger partial charge in [-0.25, -0.2) is 0 Å². The number of benzene rings is 1. The van der Waals surface area contributed by atoms with Crippen molar-refractivity contribution in [3.63, 3.8) is 0 Å². The van der Waals surface area contributed by atoms with Crippen LogP contribution < -0.4 is 10.5 Å². The summed E-state index contributed by atoms with van der Waals surface area (Å²) in [6.07, 6.45) is 5.53. The van der Waals surface area contributed by atoms with Crippen LogP contribution in [0.2, 0.25) is 0 Å². The summed E-state index contributed by atoms with van der Waals surface area (Å²) in [7, 11) is 0. The van der Waals surface area contributed by atoms with Crippen molar-refractivity contribution in [2.45, 2.75) is 51.2 Å². The monoisotopic (exact) mass is 341 g/mol. The summed E-state index contributed by atoms with van der Waals surface area (Å²) in [5.74, 6) is 0.922. The highest BCUT2D eigenvalue weighted by Crippen LogP contribution is 2.30. The lowest BCUT2D eigenvalue weighted by Gasteiger charge is -2.24. The van der Waals surface area contributed by atoms with Gasteiger partial charge in [-0.05, 0) is 59.7 Å². The molecule has 2 rings (SSSR count). The van der Waals surface area contributed by atoms with E-state index in [2.05, 4.69) is 28.9 Å². The topological polar surface area (TPSA) is 44.5 Å². The van der Waals surface area contributed by atoms with Crippen LogP contribution in [0.5, 0.6) is 5.75 Å². The third kappa shape index (κ3) is 4.47. The van der Waals surface area contributed by atoms with Gasteiger partial charge in [0, 0.05) is 12.6 Å². The summed E-state index contributed by atoms with van der Waals surface area (Å²) in [4.78, 5) is 0. The molecule has 0 amide bonds. The van der Waals surface area contributed by atoms with Crippen LogP contribution in [-0.4, -0.2) is 25.4 Å². The van der Waals surface area contributed by atoms with Gasteiger partial charge in [0.25, 0.3) is 0 Å². The maximum atomic E-state index is 6.07. The average Bonchev–Trinajstić information content (AvgIpc) is 2.47. The van der Waals surface area contributed by atoms with Crippen molar-refractivity contribution in [2.24, 2.45) is 5.73 Å². The van der Waals surface area contributed by atoms with Crippen LogP contribution >= 0.6 is 15.9 Å². The van der Waals surface area contributed by atoms with Gasteiger partial charge in [-0.3, -0.25) is 0 Å². The van der Waals surface area contributed by atoms with Crippen molar-refractivity contribution in [1.29, 1.82) is 0 Å². The van der Waals surface area contributed by atoms with E-state index in [1.54, 1.807) is 0 Å². The fourth-order valence-electron chi connectivity index (χ4n) is 2.42. The highest BCUT2D eigenvalue weighted by atomic mass is 79.9. The number of ether oxygens (including phenoxy) is 2. The maximum Gasteiger partial charge on any atom is 0.136 e. The Balaban J connectivity index is 2.01. The molecule has 0 aliphatic carbocycles. The molecule has 1 aliphatic heterocycles. The maximum absolute atomic E-state index is 6.07. The predicted octanol–water partition coefficient (Wildman–Crippen LogP) is 3.68. The number of nitrogens with two attached hydrogens (primary N) is 1. The first kappa shape index (κ1) is 15.8. The van der Waals surface area contributed by atoms with Gasteiger partial charge in [-0.15, -0.1) is 0 Å². The van der Waals surface area contributed by atoms with Gasteiger partial charge in [0.1, 0.15) is 12.4 Å². The number of para-hydroxylation sites is 1. The van der Waals surface area contributed by atoms with Crippen molar-refractivity contribution in [2.75, 3.05) is 13.2 Å². The lowest BCUT2D eigenvalue weighted by Crippen LogP contribution is -2.26. The summed E-state index contributed by atoms with van der Waals surface area (Å²) in [5, 5.41) is 0. The zero-order valence-electron chi connectivity index (χ0n) is 12.1. The van der Waals surface area contributed by atoms with E-state index in [1.165, 1.54) is 18.4 Å². The first-order valence-corrected chi connectivity index (χ1v) is 8.27. The Morgan fingerprint density at radius 2 is 2.30 bits per heavy atom. The molecule has 3 nitrogen and oxygen atoms in total. The van der Waals surface area contributed by atoms with E-state index in [9.17, 15) is 0 Å². The number of rotatable bonds is 6. The zero-order chi connectivity index (χ0) is 14.4. The summed E-state index contributed by atoms with van der Waals surface area (Å²) in [6.45, 7) is 3.59. The minimum absolute atomic E-state index is 0.178. The lowest BCUT2D eigenvalue weighted by atomic mass is 10.0. The van der Waals surface area contributed by atoms with Crippen LogP contribution in [0, 0.1) is 0 Å². The molecule has 0 bridgehead atoms. The van der Waals surface area contributed by atoms with E-state index < -0.39 is 0 Å². The fourth-order valence-corrected chi connectivity index (χ4v) is 2.94. The minimum Gasteiger partial charge on any atom is -0.489 e. The van der Waals surface area contributed by atoms with Crippen molar-refractivity contribution >= 4 is 15.9 Å². The molecular weight excluding hydrogens is 318 g/mol. The van der Waals surface area contributed by atoms with E-state index in [4.69, 9.17) is 15.2 Å². The van der Waals surface area contributed by atoms with Gasteiger partial charge in [0.2, 0.25) is 0 Å². The molecule has 1 aromatic rings. The molecule has 20 heavy (non-hydrogen) atoms. The van der Waals surface area contributed by atoms with Gasteiger partial charge in [-0.2, -0.15) is 0 Å². The number of hydrogen-bond donors (Lipinski definition) is 1. The first-order chi connectivity index (χ1) is 9.70. The molecule has 1 saturated heterocycles. The molecular formula is C16H24BrNO2. The Labute approximate surface area is 130 Å². The standard InChI is InChI=1S/C16H24BrNO2/c1-2-13(18)10-12-6-5-8-15(17)16(12)20-11-14-7-3-4-9-19-14/h5-6,8,13-14H,2-4,7,9-11,18H2,1H3. The molecule has 0 saturated carbocycles. The summed E-state index contributed by atoms with van der Waals surface area (Å²) < 4.78 is 12.7. The second-order valence-corrected chi connectivity index (χ2v) is 6.25. The third-order valence-electron chi connectivity index (χ3n) is 3.74. The molecule has 1 fully saturated rings. The number of hydrogen-bond acceptors (Lipinski definition) is 3. The second-order valence-electron chi connectivity index (χ2n) is 5.40. The second kappa shape index (κ2) is 8.01. The van der Waals surface area contributed by atoms with Gasteiger partial charge >= 0.3 is 0 Å². The minimum atomic E-state index is 0.178. The van der Waals surface area contributed by atoms with E-state index in [-0.39, 0.29) is 12.1 Å². The first-order valence-electron chi connectivity index (χ1n) is 7.48. The lowest BCUT2D eigenvalue weighted by molar-refractivity contribution is -0.0113. The summed E-state index contributed by atoms with van der Waals surface area (Å²) in [5.41, 5.74) is 7.24. The predicted molar refractivity (Wildman–Crippen MR) is 85.2 cm³/mol. The Kier molecular flexibility index (Phi) is 6.33. The van der Waals surface area contributed by atoms with Crippen LogP contribution in [0.25, 0.3) is 0 Å². The SMILES string of the molecule is CCC(N)Cc1cccc(Br)c1OCC1CCCCO1. The number of halogens is 1. The third-order valence-corrected chi connectivity index (χ3v) is 4.37. The van der Waals surface area contributed by atoms with Gasteiger partial charge in [0.15, 0.2) is 0 Å². The molecule has 0 spiro atoms. The van der Waals surface area contributed by atoms with Crippen molar-refractivity contribution in [3.05, 3.63) is 28.2 Å². The van der Waals surface area contributed by atoms with Crippen LogP contribution in [0.3, 0.4) is 0 Å². The molecule has 1 heterocycles. The smallest absolute Gasteiger partial charge is 0.136 e. The quantitative estimate of drug-likeness (QED) is 0.858. The fraction of sp³-hybridized carbons (Fsp3) is 0.625. The largest absolute Gasteiger partial charge is 0.489 e. The van der Waals surface area contributed by atoms with Crippen molar-refractivity contribution in [1.82, 2.24) is 0 Å². The summed E-state index contributed by atoms with van der Waals surface area (Å²) in [6, 6.07) is 6.32. The highest BCUT2D eigenvalue weighted by Gasteiger charge is 2.17. The van der Waals surface area contributed by atoms with Gasteiger partial charge in [0.05, 0.1) is 10.6 Å². The average molecular weight is 342 g/mol. The van der Waals surface area contributed by atoms with Crippen molar-refractivity contribution in [3.8, 4) is 5.75 Å². The normalized spacial score (nSPS) is 20.6. The van der Waals surface area contributed by atoms with Gasteiger partial charge in [-0.1, -0.05) is 19.1 Å². The zero-order valence-corrected chi connectivity index (χ0v) is 13.7. The van der Waals surface area contributed by atoms with E-state index in [1.807, 2.05) is 12.1 Å². The van der Waals surface area contributed by atoms with E-state index in [0.29, 0.717) is 6.61 Å². The molecule has 0 radical (unpaired) electrons. The molecule has 1 aromatic carbocycles. The van der Waals surface area contributed by atoms with Crippen LogP contribution in [0.4, 0.5) is 0 Å². The molecule has 2 atom stereocenters. The Hall–Kier alpha value is -0.580. The van der Waals surface area contributed by atoms with Crippen LogP contribution in [0.15, 0.2) is 22.7 Å². The molecule has 0 aromatic heterocycles. The van der Waals surface area contributed by atoms with E-state index in [0.717, 1.165) is 36.1 Å². The molecule has 2 unspecified atom stereocenters. The van der Waals surface area contributed by atoms with Gasteiger partial charge < -0.3 is 15.2 Å². The van der Waals surface area contributed by atoms with E-state index >= 15 is 0 Å². The molecule has 112 valence electrons. The molecule has 1 aliphatic rings. The Morgan fingerprint density at radius 3 is 3.00 bits per heavy atom. The molecule has 2 N–H and O–H groups in total. The summed E-state index contributed by atoms with van der Waals surface area (Å²) >= 11 is 3.58. The van der Waals surface area contributed by atoms with Crippen LogP contribution in [0.1, 0.15) is 38.2 Å². The van der Waals surface area contributed by atoms with Crippen LogP contribution in [-0.2, 0) is 11.2 Å². The Bertz CT molecular complexity index is 419.